The number of benzene rings is 3. The molecule has 0 amide bonds. The minimum Gasteiger partial charge on any atom is -0.478 e. The molecule has 0 aliphatic heterocycles. The molecule has 6 nitrogen and oxygen atoms in total. The van der Waals surface area contributed by atoms with Crippen molar-refractivity contribution in [1.82, 2.24) is 4.98 Å². The van der Waals surface area contributed by atoms with Crippen LogP contribution in [0.15, 0.2) is 96.1 Å². The van der Waals surface area contributed by atoms with Gasteiger partial charge in [-0.15, -0.1) is 0 Å². The van der Waals surface area contributed by atoms with E-state index in [4.69, 9.17) is 0 Å². The summed E-state index contributed by atoms with van der Waals surface area (Å²) in [4.78, 5) is 16.3. The maximum absolute atomic E-state index is 11.8. The van der Waals surface area contributed by atoms with Gasteiger partial charge in [0, 0.05) is 5.56 Å². The summed E-state index contributed by atoms with van der Waals surface area (Å²) in [5.41, 5.74) is 6.64. The molecule has 0 radical (unpaired) electrons. The molecule has 0 bridgehead atoms. The number of aromatic carboxylic acids is 1. The fraction of sp³-hybridized carbons (Fsp3) is 0. The van der Waals surface area contributed by atoms with Crippen LogP contribution in [0.2, 0.25) is 0 Å². The van der Waals surface area contributed by atoms with Gasteiger partial charge in [-0.05, 0) is 22.8 Å². The van der Waals surface area contributed by atoms with Crippen LogP contribution in [0.1, 0.15) is 21.5 Å². The number of carbonyl (C=O) groups is 1. The third kappa shape index (κ3) is 4.53. The van der Waals surface area contributed by atoms with Crippen molar-refractivity contribution < 1.29 is 9.90 Å². The molecule has 0 atom stereocenters. The van der Waals surface area contributed by atoms with Gasteiger partial charge in [-0.2, -0.15) is 10.4 Å². The van der Waals surface area contributed by atoms with Crippen LogP contribution in [0.25, 0.3) is 22.4 Å². The van der Waals surface area contributed by atoms with E-state index in [1.54, 1.807) is 6.21 Å². The summed E-state index contributed by atoms with van der Waals surface area (Å²) in [6, 6.07) is 30.3. The summed E-state index contributed by atoms with van der Waals surface area (Å²) in [6.45, 7) is 0. The molecular weight excluding hydrogens is 400 g/mol. The van der Waals surface area contributed by atoms with Gasteiger partial charge in [0.2, 0.25) is 0 Å². The van der Waals surface area contributed by atoms with Crippen molar-refractivity contribution in [2.24, 2.45) is 5.10 Å². The molecule has 6 heteroatoms. The van der Waals surface area contributed by atoms with Crippen molar-refractivity contribution in [2.75, 3.05) is 5.43 Å². The second-order valence-electron chi connectivity index (χ2n) is 6.92. The van der Waals surface area contributed by atoms with Crippen LogP contribution in [0.4, 0.5) is 5.82 Å². The Bertz CT molecular complexity index is 1310. The number of carboxylic acids is 1. The lowest BCUT2D eigenvalue weighted by Crippen LogP contribution is -2.07. The van der Waals surface area contributed by atoms with Crippen molar-refractivity contribution in [1.29, 1.82) is 5.26 Å². The van der Waals surface area contributed by atoms with E-state index >= 15 is 0 Å². The number of hydrazone groups is 1. The fourth-order valence-corrected chi connectivity index (χ4v) is 3.23. The summed E-state index contributed by atoms with van der Waals surface area (Å²) in [5, 5.41) is 23.3. The molecule has 3 aromatic carbocycles. The molecular formula is C26H18N4O2. The van der Waals surface area contributed by atoms with Gasteiger partial charge in [-0.3, -0.25) is 5.43 Å². The predicted octanol–water partition coefficient (Wildman–Crippen LogP) is 5.43. The maximum Gasteiger partial charge on any atom is 0.337 e. The number of hydrogen-bond acceptors (Lipinski definition) is 5. The van der Waals surface area contributed by atoms with Gasteiger partial charge < -0.3 is 5.11 Å². The van der Waals surface area contributed by atoms with Gasteiger partial charge >= 0.3 is 5.97 Å². The van der Waals surface area contributed by atoms with Crippen LogP contribution >= 0.6 is 0 Å². The Morgan fingerprint density at radius 1 is 0.906 bits per heavy atom. The first-order valence-corrected chi connectivity index (χ1v) is 9.84. The molecule has 0 saturated heterocycles. The molecule has 32 heavy (non-hydrogen) atoms. The van der Waals surface area contributed by atoms with Gasteiger partial charge in [-0.25, -0.2) is 9.78 Å². The van der Waals surface area contributed by atoms with Crippen molar-refractivity contribution in [2.45, 2.75) is 0 Å². The number of nitrogens with one attached hydrogen (secondary N) is 1. The van der Waals surface area contributed by atoms with Gasteiger partial charge in [-0.1, -0.05) is 84.9 Å². The monoisotopic (exact) mass is 418 g/mol. The number of anilines is 1. The van der Waals surface area contributed by atoms with Crippen LogP contribution < -0.4 is 5.43 Å². The summed E-state index contributed by atoms with van der Waals surface area (Å²) < 4.78 is 0. The lowest BCUT2D eigenvalue weighted by atomic mass is 10.0. The zero-order chi connectivity index (χ0) is 22.3. The van der Waals surface area contributed by atoms with Gasteiger partial charge in [0.15, 0.2) is 5.82 Å². The second kappa shape index (κ2) is 9.37. The average Bonchev–Trinajstić information content (AvgIpc) is 2.85. The Labute approximate surface area is 185 Å². The Morgan fingerprint density at radius 2 is 1.50 bits per heavy atom. The zero-order valence-electron chi connectivity index (χ0n) is 16.9. The minimum atomic E-state index is -1.21. The highest BCUT2D eigenvalue weighted by atomic mass is 16.4. The van der Waals surface area contributed by atoms with Crippen molar-refractivity contribution >= 4 is 18.0 Å². The molecule has 0 aliphatic rings. The molecule has 0 saturated carbocycles. The normalized spacial score (nSPS) is 10.6. The Kier molecular flexibility index (Phi) is 6.01. The standard InChI is InChI=1S/C26H18N4O2/c27-16-23-22(26(31)32)15-24(29-25(23)30-28-17-18-7-3-1-4-8-18)21-13-11-20(12-14-21)19-9-5-2-6-10-19/h1-15,17H,(H,29,30)(H,31,32)/b28-17+. The Morgan fingerprint density at radius 3 is 2.12 bits per heavy atom. The third-order valence-electron chi connectivity index (χ3n) is 4.83. The number of nitriles is 1. The van der Waals surface area contributed by atoms with Crippen LogP contribution in [0.5, 0.6) is 0 Å². The number of hydrogen-bond donors (Lipinski definition) is 2. The van der Waals surface area contributed by atoms with E-state index < -0.39 is 5.97 Å². The molecule has 4 rings (SSSR count). The van der Waals surface area contributed by atoms with Crippen molar-refractivity contribution in [3.05, 3.63) is 108 Å². The largest absolute Gasteiger partial charge is 0.478 e. The molecule has 0 aliphatic carbocycles. The molecule has 154 valence electrons. The molecule has 0 spiro atoms. The SMILES string of the molecule is N#Cc1c(C(=O)O)cc(-c2ccc(-c3ccccc3)cc2)nc1N/N=C/c1ccccc1. The molecule has 1 heterocycles. The number of rotatable bonds is 6. The van der Waals surface area contributed by atoms with Crippen LogP contribution in [-0.2, 0) is 0 Å². The second-order valence-corrected chi connectivity index (χ2v) is 6.92. The molecule has 0 fully saturated rings. The van der Waals surface area contributed by atoms with E-state index in [9.17, 15) is 15.2 Å². The first-order chi connectivity index (χ1) is 15.7. The average molecular weight is 418 g/mol. The maximum atomic E-state index is 11.8. The number of aromatic nitrogens is 1. The van der Waals surface area contributed by atoms with E-state index in [0.29, 0.717) is 5.69 Å². The summed E-state index contributed by atoms with van der Waals surface area (Å²) >= 11 is 0. The van der Waals surface area contributed by atoms with Crippen molar-refractivity contribution in [3.63, 3.8) is 0 Å². The molecule has 0 unspecified atom stereocenters. The van der Waals surface area contributed by atoms with E-state index in [1.165, 1.54) is 6.07 Å². The van der Waals surface area contributed by atoms with Crippen LogP contribution in [0.3, 0.4) is 0 Å². The lowest BCUT2D eigenvalue weighted by Gasteiger charge is -2.10. The van der Waals surface area contributed by atoms with Gasteiger partial charge in [0.1, 0.15) is 11.6 Å². The van der Waals surface area contributed by atoms with Gasteiger partial charge in [0.25, 0.3) is 0 Å². The highest BCUT2D eigenvalue weighted by molar-refractivity contribution is 5.94. The summed E-state index contributed by atoms with van der Waals surface area (Å²) in [5.74, 6) is -1.12. The van der Waals surface area contributed by atoms with E-state index in [0.717, 1.165) is 22.3 Å². The van der Waals surface area contributed by atoms with Gasteiger partial charge in [0.05, 0.1) is 17.5 Å². The highest BCUT2D eigenvalue weighted by Crippen LogP contribution is 2.28. The van der Waals surface area contributed by atoms with Crippen LogP contribution in [0, 0.1) is 11.3 Å². The number of carboxylic acid groups (broad SMARTS) is 1. The molecule has 2 N–H and O–H groups in total. The van der Waals surface area contributed by atoms with E-state index in [1.807, 2.05) is 91.0 Å². The van der Waals surface area contributed by atoms with E-state index in [-0.39, 0.29) is 16.9 Å². The first-order valence-electron chi connectivity index (χ1n) is 9.84. The summed E-state index contributed by atoms with van der Waals surface area (Å²) in [6.07, 6.45) is 1.57. The number of nitrogens with zero attached hydrogens (tertiary/aromatic N) is 3. The predicted molar refractivity (Wildman–Crippen MR) is 124 cm³/mol. The summed E-state index contributed by atoms with van der Waals surface area (Å²) in [7, 11) is 0. The fourth-order valence-electron chi connectivity index (χ4n) is 3.23. The smallest absolute Gasteiger partial charge is 0.337 e. The van der Waals surface area contributed by atoms with Crippen LogP contribution in [-0.4, -0.2) is 22.3 Å². The topological polar surface area (TPSA) is 98.4 Å². The minimum absolute atomic E-state index is 0.0765. The van der Waals surface area contributed by atoms with Crippen molar-refractivity contribution in [3.8, 4) is 28.5 Å². The quantitative estimate of drug-likeness (QED) is 0.321. The Hall–Kier alpha value is -4.76. The molecule has 4 aromatic rings. The Balaban J connectivity index is 1.70. The van der Waals surface area contributed by atoms with E-state index in [2.05, 4.69) is 15.5 Å². The number of pyridine rings is 1. The lowest BCUT2D eigenvalue weighted by molar-refractivity contribution is 0.0696. The first kappa shape index (κ1) is 20.5. The molecule has 1 aromatic heterocycles. The highest BCUT2D eigenvalue weighted by Gasteiger charge is 2.18. The third-order valence-corrected chi connectivity index (χ3v) is 4.83. The zero-order valence-corrected chi connectivity index (χ0v) is 16.9.